The number of fused-ring (bicyclic) bond motifs is 1. The van der Waals surface area contributed by atoms with Gasteiger partial charge in [0.15, 0.2) is 11.5 Å². The van der Waals surface area contributed by atoms with Crippen LogP contribution in [-0.4, -0.2) is 51.8 Å². The first kappa shape index (κ1) is 22.1. The first-order chi connectivity index (χ1) is 15.0. The van der Waals surface area contributed by atoms with Crippen molar-refractivity contribution < 1.29 is 4.74 Å². The van der Waals surface area contributed by atoms with E-state index in [1.54, 1.807) is 0 Å². The molecule has 2 saturated heterocycles. The number of aromatic amines is 1. The minimum atomic E-state index is -0.150. The fraction of sp³-hybridized carbons (Fsp3) is 0.773. The molecular weight excluding hydrogens is 394 g/mol. The highest BCUT2D eigenvalue weighted by Gasteiger charge is 2.29. The zero-order valence-electron chi connectivity index (χ0n) is 18.8. The first-order valence-corrected chi connectivity index (χ1v) is 11.9. The molecule has 2 aliphatic heterocycles. The van der Waals surface area contributed by atoms with Crippen LogP contribution in [0.15, 0.2) is 4.79 Å². The van der Waals surface area contributed by atoms with Gasteiger partial charge in [-0.2, -0.15) is 9.97 Å². The molecule has 0 bridgehead atoms. The molecular formula is C22H37N7O2. The van der Waals surface area contributed by atoms with Gasteiger partial charge in [0, 0.05) is 6.04 Å². The summed E-state index contributed by atoms with van der Waals surface area (Å²) in [6.45, 7) is 8.08. The van der Waals surface area contributed by atoms with E-state index in [0.717, 1.165) is 57.8 Å². The van der Waals surface area contributed by atoms with E-state index in [0.29, 0.717) is 17.1 Å². The zero-order valence-corrected chi connectivity index (χ0v) is 18.8. The molecule has 5 N–H and O–H groups in total. The maximum Gasteiger partial charge on any atom is 0.328 e. The molecule has 2 aliphatic rings. The summed E-state index contributed by atoms with van der Waals surface area (Å²) in [7, 11) is 0. The molecule has 0 saturated carbocycles. The highest BCUT2D eigenvalue weighted by Crippen LogP contribution is 2.34. The van der Waals surface area contributed by atoms with Crippen molar-refractivity contribution in [3.63, 3.8) is 0 Å². The Hall–Kier alpha value is -2.13. The Kier molecular flexibility index (Phi) is 7.12. The summed E-state index contributed by atoms with van der Waals surface area (Å²) in [6, 6.07) is 0.331. The van der Waals surface area contributed by atoms with Crippen LogP contribution in [-0.2, 0) is 0 Å². The van der Waals surface area contributed by atoms with Gasteiger partial charge in [-0.05, 0) is 84.0 Å². The summed E-state index contributed by atoms with van der Waals surface area (Å²) in [6.07, 6.45) is 7.88. The van der Waals surface area contributed by atoms with Crippen molar-refractivity contribution in [2.45, 2.75) is 70.9 Å². The zero-order chi connectivity index (χ0) is 21.8. The van der Waals surface area contributed by atoms with Crippen molar-refractivity contribution in [3.8, 4) is 6.01 Å². The molecule has 2 aromatic heterocycles. The van der Waals surface area contributed by atoms with Gasteiger partial charge in [-0.25, -0.2) is 4.79 Å². The van der Waals surface area contributed by atoms with E-state index in [4.69, 9.17) is 10.5 Å². The molecule has 4 heterocycles. The van der Waals surface area contributed by atoms with E-state index in [1.165, 1.54) is 19.3 Å². The Morgan fingerprint density at radius 2 is 1.77 bits per heavy atom. The minimum Gasteiger partial charge on any atom is -0.461 e. The standard InChI is InChI=1S/C22H37N7O2/c1-14(2)31-21-27-19(23)18-20(28-21)29(22(30)26-18)17(16-8-12-25-13-9-16)5-3-4-15-6-10-24-11-7-15/h14-17,24-25H,3-13H2,1-2H3,(H,26,30)(H2,23,27,28). The van der Waals surface area contributed by atoms with Gasteiger partial charge in [0.2, 0.25) is 0 Å². The van der Waals surface area contributed by atoms with Crippen molar-refractivity contribution in [1.82, 2.24) is 30.2 Å². The molecule has 9 nitrogen and oxygen atoms in total. The maximum atomic E-state index is 13.1. The van der Waals surface area contributed by atoms with Crippen molar-refractivity contribution in [1.29, 1.82) is 0 Å². The van der Waals surface area contributed by atoms with Crippen LogP contribution in [0.2, 0.25) is 0 Å². The quantitative estimate of drug-likeness (QED) is 0.505. The van der Waals surface area contributed by atoms with Crippen molar-refractivity contribution in [2.75, 3.05) is 31.9 Å². The average molecular weight is 432 g/mol. The van der Waals surface area contributed by atoms with Crippen molar-refractivity contribution in [2.24, 2.45) is 11.8 Å². The van der Waals surface area contributed by atoms with E-state index in [9.17, 15) is 4.79 Å². The predicted octanol–water partition coefficient (Wildman–Crippen LogP) is 2.20. The topological polar surface area (TPSA) is 123 Å². The second kappa shape index (κ2) is 9.99. The van der Waals surface area contributed by atoms with Crippen LogP contribution in [0.3, 0.4) is 0 Å². The van der Waals surface area contributed by atoms with Gasteiger partial charge in [0.25, 0.3) is 0 Å². The Morgan fingerprint density at radius 1 is 1.10 bits per heavy atom. The van der Waals surface area contributed by atoms with Crippen LogP contribution >= 0.6 is 0 Å². The van der Waals surface area contributed by atoms with Gasteiger partial charge >= 0.3 is 11.7 Å². The van der Waals surface area contributed by atoms with Crippen LogP contribution in [0.1, 0.15) is 64.8 Å². The second-order valence-electron chi connectivity index (χ2n) is 9.34. The lowest BCUT2D eigenvalue weighted by atomic mass is 9.85. The number of ether oxygens (including phenoxy) is 1. The molecule has 31 heavy (non-hydrogen) atoms. The third kappa shape index (κ3) is 5.20. The molecule has 2 aromatic rings. The monoisotopic (exact) mass is 431 g/mol. The summed E-state index contributed by atoms with van der Waals surface area (Å²) in [5.41, 5.74) is 7.09. The van der Waals surface area contributed by atoms with E-state index in [-0.39, 0.29) is 29.7 Å². The highest BCUT2D eigenvalue weighted by molar-refractivity contribution is 5.82. The van der Waals surface area contributed by atoms with E-state index < -0.39 is 0 Å². The van der Waals surface area contributed by atoms with E-state index in [2.05, 4.69) is 25.6 Å². The number of nitrogens with one attached hydrogen (secondary N) is 3. The van der Waals surface area contributed by atoms with Gasteiger partial charge in [0.05, 0.1) is 6.10 Å². The lowest BCUT2D eigenvalue weighted by Gasteiger charge is -2.32. The molecule has 4 rings (SSSR count). The van der Waals surface area contributed by atoms with Gasteiger partial charge < -0.3 is 26.1 Å². The summed E-state index contributed by atoms with van der Waals surface area (Å²) < 4.78 is 7.55. The third-order valence-corrected chi connectivity index (χ3v) is 6.75. The summed E-state index contributed by atoms with van der Waals surface area (Å²) >= 11 is 0. The molecule has 0 radical (unpaired) electrons. The van der Waals surface area contributed by atoms with Gasteiger partial charge in [-0.1, -0.05) is 12.8 Å². The van der Waals surface area contributed by atoms with Gasteiger partial charge in [-0.15, -0.1) is 0 Å². The fourth-order valence-corrected chi connectivity index (χ4v) is 5.16. The van der Waals surface area contributed by atoms with Crippen molar-refractivity contribution >= 4 is 17.0 Å². The van der Waals surface area contributed by atoms with Crippen LogP contribution in [0.25, 0.3) is 11.2 Å². The molecule has 9 heteroatoms. The summed E-state index contributed by atoms with van der Waals surface area (Å²) in [5, 5.41) is 6.89. The average Bonchev–Trinajstić information content (AvgIpc) is 3.08. The number of imidazole rings is 1. The Bertz CT molecular complexity index is 910. The van der Waals surface area contributed by atoms with E-state index >= 15 is 0 Å². The normalized spacial score (nSPS) is 19.8. The molecule has 0 aromatic carbocycles. The number of nitrogens with two attached hydrogens (primary N) is 1. The SMILES string of the molecule is CC(C)Oc1nc(N)c2[nH]c(=O)n(C(CCCC3CCNCC3)C3CCNCC3)c2n1. The molecule has 0 aliphatic carbocycles. The van der Waals surface area contributed by atoms with Gasteiger partial charge in [0.1, 0.15) is 5.52 Å². The summed E-state index contributed by atoms with van der Waals surface area (Å²) in [5.74, 6) is 1.49. The number of rotatable bonds is 8. The van der Waals surface area contributed by atoms with Gasteiger partial charge in [-0.3, -0.25) is 4.57 Å². The number of piperidine rings is 2. The van der Waals surface area contributed by atoms with Crippen molar-refractivity contribution in [3.05, 3.63) is 10.5 Å². The second-order valence-corrected chi connectivity index (χ2v) is 9.34. The molecule has 1 unspecified atom stereocenters. The summed E-state index contributed by atoms with van der Waals surface area (Å²) in [4.78, 5) is 24.8. The number of nitrogens with zero attached hydrogens (tertiary/aromatic N) is 3. The number of aromatic nitrogens is 4. The van der Waals surface area contributed by atoms with Crippen LogP contribution < -0.4 is 26.8 Å². The molecule has 1 atom stereocenters. The lowest BCUT2D eigenvalue weighted by molar-refractivity contribution is 0.221. The largest absolute Gasteiger partial charge is 0.461 e. The molecule has 2 fully saturated rings. The van der Waals surface area contributed by atoms with Crippen LogP contribution in [0, 0.1) is 11.8 Å². The third-order valence-electron chi connectivity index (χ3n) is 6.75. The predicted molar refractivity (Wildman–Crippen MR) is 122 cm³/mol. The molecule has 0 amide bonds. The van der Waals surface area contributed by atoms with Crippen LogP contribution in [0.5, 0.6) is 6.01 Å². The number of nitrogen functional groups attached to an aromatic ring is 1. The fourth-order valence-electron chi connectivity index (χ4n) is 5.16. The number of H-pyrrole nitrogens is 1. The Balaban J connectivity index is 1.63. The smallest absolute Gasteiger partial charge is 0.328 e. The molecule has 172 valence electrons. The molecule has 0 spiro atoms. The number of anilines is 1. The Labute approximate surface area is 183 Å². The maximum absolute atomic E-state index is 13.1. The Morgan fingerprint density at radius 3 is 2.45 bits per heavy atom. The van der Waals surface area contributed by atoms with E-state index in [1.807, 2.05) is 18.4 Å². The highest BCUT2D eigenvalue weighted by atomic mass is 16.5. The minimum absolute atomic E-state index is 0.0684. The number of hydrogen-bond donors (Lipinski definition) is 4. The first-order valence-electron chi connectivity index (χ1n) is 11.9. The van der Waals surface area contributed by atoms with Crippen LogP contribution in [0.4, 0.5) is 5.82 Å². The lowest BCUT2D eigenvalue weighted by Crippen LogP contribution is -2.36. The number of hydrogen-bond acceptors (Lipinski definition) is 7.